The molecule has 4 nitrogen and oxygen atoms in total. The van der Waals surface area contributed by atoms with Crippen LogP contribution in [0.2, 0.25) is 5.15 Å². The van der Waals surface area contributed by atoms with Gasteiger partial charge in [-0.1, -0.05) is 25.4 Å². The van der Waals surface area contributed by atoms with E-state index in [9.17, 15) is 4.79 Å². The zero-order valence-electron chi connectivity index (χ0n) is 11.7. The van der Waals surface area contributed by atoms with E-state index in [-0.39, 0.29) is 11.8 Å². The third-order valence-electron chi connectivity index (χ3n) is 2.91. The first-order chi connectivity index (χ1) is 8.92. The Morgan fingerprint density at radius 2 is 2.21 bits per heavy atom. The molecule has 1 aromatic rings. The van der Waals surface area contributed by atoms with E-state index >= 15 is 0 Å². The number of carbonyl (C=O) groups is 1. The van der Waals surface area contributed by atoms with Crippen molar-refractivity contribution in [3.05, 3.63) is 23.0 Å². The Balaban J connectivity index is 2.56. The Bertz CT molecular complexity index is 435. The van der Waals surface area contributed by atoms with Gasteiger partial charge in [-0.25, -0.2) is 4.98 Å². The summed E-state index contributed by atoms with van der Waals surface area (Å²) in [6.07, 6.45) is 2.96. The summed E-state index contributed by atoms with van der Waals surface area (Å²) in [6.45, 7) is 6.65. The van der Waals surface area contributed by atoms with Gasteiger partial charge >= 0.3 is 0 Å². The fourth-order valence-electron chi connectivity index (χ4n) is 2.03. The predicted molar refractivity (Wildman–Crippen MR) is 79.2 cm³/mol. The molecule has 0 aliphatic heterocycles. The number of pyridine rings is 1. The molecule has 0 radical (unpaired) electrons. The lowest BCUT2D eigenvalue weighted by Gasteiger charge is -2.16. The van der Waals surface area contributed by atoms with Gasteiger partial charge in [0.2, 0.25) is 5.91 Å². The van der Waals surface area contributed by atoms with Crippen LogP contribution in [0.15, 0.2) is 12.3 Å². The summed E-state index contributed by atoms with van der Waals surface area (Å²) in [5.74, 6) is 0.738. The topological polar surface area (TPSA) is 68.0 Å². The molecule has 1 aromatic heterocycles. The van der Waals surface area contributed by atoms with Crippen molar-refractivity contribution < 1.29 is 4.79 Å². The molecule has 0 saturated carbocycles. The van der Waals surface area contributed by atoms with E-state index in [1.165, 1.54) is 0 Å². The van der Waals surface area contributed by atoms with Crippen molar-refractivity contribution in [2.24, 2.45) is 17.6 Å². The molecule has 1 amide bonds. The van der Waals surface area contributed by atoms with Gasteiger partial charge in [0.05, 0.1) is 11.9 Å². The third kappa shape index (κ3) is 5.57. The van der Waals surface area contributed by atoms with Crippen LogP contribution in [0.25, 0.3) is 0 Å². The predicted octanol–water partition coefficient (Wildman–Crippen LogP) is 2.99. The SMILES string of the molecule is Cc1cc(NC(=O)C[C@@H](CN)CC(C)C)cnc1Cl. The van der Waals surface area contributed by atoms with E-state index < -0.39 is 0 Å². The summed E-state index contributed by atoms with van der Waals surface area (Å²) in [6, 6.07) is 1.81. The van der Waals surface area contributed by atoms with Crippen molar-refractivity contribution >= 4 is 23.2 Å². The van der Waals surface area contributed by atoms with E-state index in [0.29, 0.717) is 29.7 Å². The molecule has 0 bridgehead atoms. The number of amides is 1. The Labute approximate surface area is 119 Å². The minimum atomic E-state index is -0.0281. The zero-order chi connectivity index (χ0) is 14.4. The lowest BCUT2D eigenvalue weighted by Crippen LogP contribution is -2.23. The van der Waals surface area contributed by atoms with Crippen LogP contribution in [-0.2, 0) is 4.79 Å². The minimum absolute atomic E-state index is 0.0281. The van der Waals surface area contributed by atoms with E-state index in [1.54, 1.807) is 6.20 Å². The number of anilines is 1. The summed E-state index contributed by atoms with van der Waals surface area (Å²) in [7, 11) is 0. The second-order valence-corrected chi connectivity index (χ2v) is 5.67. The van der Waals surface area contributed by atoms with Gasteiger partial charge in [0.1, 0.15) is 5.15 Å². The number of hydrogen-bond donors (Lipinski definition) is 2. The van der Waals surface area contributed by atoms with Gasteiger partial charge in [-0.15, -0.1) is 0 Å². The molecule has 106 valence electrons. The molecule has 0 fully saturated rings. The Hall–Kier alpha value is -1.13. The third-order valence-corrected chi connectivity index (χ3v) is 3.31. The average molecular weight is 284 g/mol. The average Bonchev–Trinajstić information content (AvgIpc) is 2.32. The van der Waals surface area contributed by atoms with Crippen LogP contribution in [0.1, 0.15) is 32.3 Å². The van der Waals surface area contributed by atoms with Gasteiger partial charge in [-0.2, -0.15) is 0 Å². The van der Waals surface area contributed by atoms with Crippen molar-refractivity contribution in [2.45, 2.75) is 33.6 Å². The molecule has 3 N–H and O–H groups in total. The maximum atomic E-state index is 11.9. The summed E-state index contributed by atoms with van der Waals surface area (Å²) >= 11 is 5.84. The maximum absolute atomic E-state index is 11.9. The molecular formula is C14H22ClN3O. The molecule has 0 unspecified atom stereocenters. The van der Waals surface area contributed by atoms with Crippen LogP contribution in [0.4, 0.5) is 5.69 Å². The number of halogens is 1. The Kier molecular flexibility index (Phi) is 6.25. The first-order valence-electron chi connectivity index (χ1n) is 6.54. The molecule has 0 spiro atoms. The summed E-state index contributed by atoms with van der Waals surface area (Å²) < 4.78 is 0. The number of carbonyl (C=O) groups excluding carboxylic acids is 1. The number of nitrogens with two attached hydrogens (primary N) is 1. The van der Waals surface area contributed by atoms with Crippen molar-refractivity contribution in [3.63, 3.8) is 0 Å². The van der Waals surface area contributed by atoms with Crippen LogP contribution in [0.3, 0.4) is 0 Å². The van der Waals surface area contributed by atoms with E-state index in [4.69, 9.17) is 17.3 Å². The van der Waals surface area contributed by atoms with Gasteiger partial charge in [-0.05, 0) is 43.4 Å². The number of nitrogens with zero attached hydrogens (tertiary/aromatic N) is 1. The quantitative estimate of drug-likeness (QED) is 0.789. The standard InChI is InChI=1S/C14H22ClN3O/c1-9(2)4-11(7-16)6-13(19)18-12-5-10(3)14(15)17-8-12/h5,8-9,11H,4,6-7,16H2,1-3H3,(H,18,19)/t11-/m0/s1. The van der Waals surface area contributed by atoms with Crippen molar-refractivity contribution in [1.82, 2.24) is 4.98 Å². The van der Waals surface area contributed by atoms with E-state index in [1.807, 2.05) is 13.0 Å². The summed E-state index contributed by atoms with van der Waals surface area (Å²) in [5.41, 5.74) is 7.21. The summed E-state index contributed by atoms with van der Waals surface area (Å²) in [4.78, 5) is 15.9. The largest absolute Gasteiger partial charge is 0.330 e. The van der Waals surface area contributed by atoms with Crippen molar-refractivity contribution in [3.8, 4) is 0 Å². The normalized spacial score (nSPS) is 12.5. The number of nitrogens with one attached hydrogen (secondary N) is 1. The van der Waals surface area contributed by atoms with E-state index in [2.05, 4.69) is 24.1 Å². The lowest BCUT2D eigenvalue weighted by molar-refractivity contribution is -0.117. The highest BCUT2D eigenvalue weighted by Gasteiger charge is 2.14. The highest BCUT2D eigenvalue weighted by atomic mass is 35.5. The highest BCUT2D eigenvalue weighted by molar-refractivity contribution is 6.30. The van der Waals surface area contributed by atoms with Crippen LogP contribution in [0, 0.1) is 18.8 Å². The molecule has 0 saturated heterocycles. The second-order valence-electron chi connectivity index (χ2n) is 5.32. The maximum Gasteiger partial charge on any atom is 0.224 e. The van der Waals surface area contributed by atoms with Gasteiger partial charge < -0.3 is 11.1 Å². The first kappa shape index (κ1) is 15.9. The second kappa shape index (κ2) is 7.46. The zero-order valence-corrected chi connectivity index (χ0v) is 12.5. The van der Waals surface area contributed by atoms with Crippen molar-refractivity contribution in [2.75, 3.05) is 11.9 Å². The molecule has 1 atom stereocenters. The van der Waals surface area contributed by atoms with Gasteiger partial charge in [0, 0.05) is 6.42 Å². The van der Waals surface area contributed by atoms with Gasteiger partial charge in [0.25, 0.3) is 0 Å². The molecule has 1 rings (SSSR count). The molecule has 0 aliphatic carbocycles. The summed E-state index contributed by atoms with van der Waals surface area (Å²) in [5, 5.41) is 3.29. The van der Waals surface area contributed by atoms with Crippen molar-refractivity contribution in [1.29, 1.82) is 0 Å². The minimum Gasteiger partial charge on any atom is -0.330 e. The van der Waals surface area contributed by atoms with Crippen LogP contribution < -0.4 is 11.1 Å². The molecule has 5 heteroatoms. The molecular weight excluding hydrogens is 262 g/mol. The molecule has 19 heavy (non-hydrogen) atoms. The van der Waals surface area contributed by atoms with E-state index in [0.717, 1.165) is 12.0 Å². The van der Waals surface area contributed by atoms with Gasteiger partial charge in [0.15, 0.2) is 0 Å². The Morgan fingerprint density at radius 1 is 1.53 bits per heavy atom. The highest BCUT2D eigenvalue weighted by Crippen LogP contribution is 2.18. The number of aromatic nitrogens is 1. The molecule has 0 aromatic carbocycles. The fraction of sp³-hybridized carbons (Fsp3) is 0.571. The van der Waals surface area contributed by atoms with Gasteiger partial charge in [-0.3, -0.25) is 4.79 Å². The van der Waals surface area contributed by atoms with Crippen LogP contribution in [0.5, 0.6) is 0 Å². The lowest BCUT2D eigenvalue weighted by atomic mass is 9.94. The number of hydrogen-bond acceptors (Lipinski definition) is 3. The number of aryl methyl sites for hydroxylation is 1. The van der Waals surface area contributed by atoms with Crippen LogP contribution in [-0.4, -0.2) is 17.4 Å². The first-order valence-corrected chi connectivity index (χ1v) is 6.92. The monoisotopic (exact) mass is 283 g/mol. The molecule has 1 heterocycles. The van der Waals surface area contributed by atoms with Crippen LogP contribution >= 0.6 is 11.6 Å². The number of rotatable bonds is 6. The Morgan fingerprint density at radius 3 is 2.74 bits per heavy atom. The molecule has 0 aliphatic rings. The smallest absolute Gasteiger partial charge is 0.224 e. The fourth-order valence-corrected chi connectivity index (χ4v) is 2.13.